The number of para-hydroxylation sites is 1. The van der Waals surface area contributed by atoms with Crippen molar-refractivity contribution < 1.29 is 18.0 Å². The van der Waals surface area contributed by atoms with Crippen LogP contribution in [0.4, 0.5) is 5.69 Å². The summed E-state index contributed by atoms with van der Waals surface area (Å²) in [5, 5.41) is 5.70. The molecule has 1 atom stereocenters. The SMILES string of the molecule is CC(C)(C(=O)Nc1c(Cl)cccc1Cl)C(=O)NC1CCS(=O)(=O)C1. The minimum Gasteiger partial charge on any atom is -0.351 e. The summed E-state index contributed by atoms with van der Waals surface area (Å²) in [7, 11) is -3.12. The zero-order chi connectivity index (χ0) is 18.1. The minimum absolute atomic E-state index is 0.0415. The second-order valence-corrected chi connectivity index (χ2v) is 9.29. The Morgan fingerprint density at radius 2 is 1.75 bits per heavy atom. The number of carbonyl (C=O) groups is 2. The Labute approximate surface area is 150 Å². The summed E-state index contributed by atoms with van der Waals surface area (Å²) in [6.07, 6.45) is 0.349. The third kappa shape index (κ3) is 4.20. The Hall–Kier alpha value is -1.31. The van der Waals surface area contributed by atoms with E-state index in [9.17, 15) is 18.0 Å². The Kier molecular flexibility index (Phi) is 5.47. The zero-order valence-electron chi connectivity index (χ0n) is 13.2. The zero-order valence-corrected chi connectivity index (χ0v) is 15.6. The van der Waals surface area contributed by atoms with E-state index in [0.717, 1.165) is 0 Å². The number of sulfone groups is 1. The highest BCUT2D eigenvalue weighted by Gasteiger charge is 2.39. The van der Waals surface area contributed by atoms with E-state index in [4.69, 9.17) is 23.2 Å². The maximum absolute atomic E-state index is 12.5. The molecule has 2 amide bonds. The summed E-state index contributed by atoms with van der Waals surface area (Å²) in [4.78, 5) is 24.9. The standard InChI is InChI=1S/C15H18Cl2N2O4S/c1-15(2,13(20)18-9-6-7-24(22,23)8-9)14(21)19-12-10(16)4-3-5-11(12)17/h3-5,9H,6-8H2,1-2H3,(H,18,20)(H,19,21). The van der Waals surface area contributed by atoms with Crippen molar-refractivity contribution in [2.24, 2.45) is 5.41 Å². The molecule has 2 N–H and O–H groups in total. The largest absolute Gasteiger partial charge is 0.351 e. The van der Waals surface area contributed by atoms with Gasteiger partial charge in [-0.25, -0.2) is 8.42 Å². The van der Waals surface area contributed by atoms with Gasteiger partial charge in [-0.3, -0.25) is 9.59 Å². The molecule has 1 aromatic carbocycles. The minimum atomic E-state index is -3.12. The van der Waals surface area contributed by atoms with Crippen LogP contribution < -0.4 is 10.6 Å². The molecule has 0 bridgehead atoms. The number of nitrogens with one attached hydrogen (secondary N) is 2. The quantitative estimate of drug-likeness (QED) is 0.768. The Balaban J connectivity index is 2.08. The molecular weight excluding hydrogens is 375 g/mol. The number of rotatable bonds is 4. The number of benzene rings is 1. The number of hydrogen-bond acceptors (Lipinski definition) is 4. The maximum atomic E-state index is 12.5. The molecule has 1 aromatic rings. The second-order valence-electron chi connectivity index (χ2n) is 6.25. The van der Waals surface area contributed by atoms with E-state index in [1.54, 1.807) is 18.2 Å². The first-order valence-corrected chi connectivity index (χ1v) is 9.87. The number of hydrogen-bond donors (Lipinski definition) is 2. The Morgan fingerprint density at radius 1 is 1.17 bits per heavy atom. The van der Waals surface area contributed by atoms with Gasteiger partial charge in [-0.1, -0.05) is 29.3 Å². The first-order chi connectivity index (χ1) is 11.0. The van der Waals surface area contributed by atoms with Crippen molar-refractivity contribution >= 4 is 50.5 Å². The molecule has 2 rings (SSSR count). The summed E-state index contributed by atoms with van der Waals surface area (Å²) in [5.74, 6) is -1.20. The van der Waals surface area contributed by atoms with Gasteiger partial charge in [0.15, 0.2) is 9.84 Å². The summed E-state index contributed by atoms with van der Waals surface area (Å²) in [5.41, 5.74) is -1.19. The van der Waals surface area contributed by atoms with E-state index < -0.39 is 33.1 Å². The van der Waals surface area contributed by atoms with Gasteiger partial charge < -0.3 is 10.6 Å². The first-order valence-electron chi connectivity index (χ1n) is 7.30. The number of carbonyl (C=O) groups excluding carboxylic acids is 2. The predicted octanol–water partition coefficient (Wildman–Crippen LogP) is 2.26. The molecule has 1 heterocycles. The summed E-state index contributed by atoms with van der Waals surface area (Å²) in [6, 6.07) is 4.30. The first kappa shape index (κ1) is 19.0. The van der Waals surface area contributed by atoms with Crippen LogP contribution in [0.25, 0.3) is 0 Å². The van der Waals surface area contributed by atoms with Gasteiger partial charge in [0.2, 0.25) is 11.8 Å². The average molecular weight is 393 g/mol. The topological polar surface area (TPSA) is 92.3 Å². The molecule has 1 aliphatic heterocycles. The summed E-state index contributed by atoms with van der Waals surface area (Å²) in [6.45, 7) is 2.90. The molecule has 6 nitrogen and oxygen atoms in total. The maximum Gasteiger partial charge on any atom is 0.239 e. The second kappa shape index (κ2) is 6.90. The van der Waals surface area contributed by atoms with Crippen LogP contribution in [0.2, 0.25) is 10.0 Å². The fourth-order valence-corrected chi connectivity index (χ4v) is 4.43. The number of anilines is 1. The van der Waals surface area contributed by atoms with Crippen molar-refractivity contribution in [3.8, 4) is 0 Å². The molecule has 9 heteroatoms. The molecule has 1 aliphatic rings. The lowest BCUT2D eigenvalue weighted by molar-refractivity contribution is -0.138. The molecule has 0 radical (unpaired) electrons. The number of amides is 2. The number of halogens is 2. The summed E-state index contributed by atoms with van der Waals surface area (Å²) < 4.78 is 22.9. The van der Waals surface area contributed by atoms with Crippen LogP contribution in [0.5, 0.6) is 0 Å². The fourth-order valence-electron chi connectivity index (χ4n) is 2.26. The molecule has 0 spiro atoms. The highest BCUT2D eigenvalue weighted by Crippen LogP contribution is 2.31. The molecule has 0 saturated carbocycles. The lowest BCUT2D eigenvalue weighted by Gasteiger charge is -2.25. The van der Waals surface area contributed by atoms with Gasteiger partial charge in [0.25, 0.3) is 0 Å². The van der Waals surface area contributed by atoms with E-state index in [2.05, 4.69) is 10.6 Å². The van der Waals surface area contributed by atoms with Crippen molar-refractivity contribution in [2.75, 3.05) is 16.8 Å². The summed E-state index contributed by atoms with van der Waals surface area (Å²) >= 11 is 12.0. The third-order valence-electron chi connectivity index (χ3n) is 3.90. The van der Waals surface area contributed by atoms with Gasteiger partial charge in [0, 0.05) is 6.04 Å². The van der Waals surface area contributed by atoms with Gasteiger partial charge in [0.05, 0.1) is 27.2 Å². The van der Waals surface area contributed by atoms with Gasteiger partial charge in [-0.05, 0) is 32.4 Å². The molecule has 1 saturated heterocycles. The van der Waals surface area contributed by atoms with E-state index in [1.807, 2.05) is 0 Å². The van der Waals surface area contributed by atoms with Crippen molar-refractivity contribution in [3.05, 3.63) is 28.2 Å². The Bertz CT molecular complexity index is 757. The molecule has 1 fully saturated rings. The van der Waals surface area contributed by atoms with Crippen LogP contribution in [0, 0.1) is 5.41 Å². The Morgan fingerprint density at radius 3 is 2.25 bits per heavy atom. The van der Waals surface area contributed by atoms with Crippen molar-refractivity contribution in [1.82, 2.24) is 5.32 Å². The molecule has 0 aliphatic carbocycles. The van der Waals surface area contributed by atoms with Crippen molar-refractivity contribution in [1.29, 1.82) is 0 Å². The molecule has 0 aromatic heterocycles. The fraction of sp³-hybridized carbons (Fsp3) is 0.467. The average Bonchev–Trinajstić information content (AvgIpc) is 2.81. The lowest BCUT2D eigenvalue weighted by atomic mass is 9.90. The smallest absolute Gasteiger partial charge is 0.239 e. The van der Waals surface area contributed by atoms with Crippen LogP contribution in [-0.2, 0) is 19.4 Å². The highest BCUT2D eigenvalue weighted by atomic mass is 35.5. The van der Waals surface area contributed by atoms with Crippen molar-refractivity contribution in [2.45, 2.75) is 26.3 Å². The normalized spacial score (nSPS) is 19.8. The van der Waals surface area contributed by atoms with E-state index in [1.165, 1.54) is 13.8 Å². The van der Waals surface area contributed by atoms with Crippen LogP contribution >= 0.6 is 23.2 Å². The van der Waals surface area contributed by atoms with Crippen LogP contribution in [0.1, 0.15) is 20.3 Å². The van der Waals surface area contributed by atoms with Gasteiger partial charge in [0.1, 0.15) is 5.41 Å². The van der Waals surface area contributed by atoms with Gasteiger partial charge >= 0.3 is 0 Å². The molecule has 24 heavy (non-hydrogen) atoms. The van der Waals surface area contributed by atoms with Crippen LogP contribution in [0.15, 0.2) is 18.2 Å². The molecule has 1 unspecified atom stereocenters. The predicted molar refractivity (Wildman–Crippen MR) is 94.1 cm³/mol. The molecular formula is C15H18Cl2N2O4S. The van der Waals surface area contributed by atoms with Crippen molar-refractivity contribution in [3.63, 3.8) is 0 Å². The highest BCUT2D eigenvalue weighted by molar-refractivity contribution is 7.91. The third-order valence-corrected chi connectivity index (χ3v) is 6.30. The molecule has 132 valence electrons. The van der Waals surface area contributed by atoms with E-state index in [-0.39, 0.29) is 27.2 Å². The van der Waals surface area contributed by atoms with Gasteiger partial charge in [-0.15, -0.1) is 0 Å². The van der Waals surface area contributed by atoms with E-state index >= 15 is 0 Å². The lowest BCUT2D eigenvalue weighted by Crippen LogP contribution is -2.48. The van der Waals surface area contributed by atoms with E-state index in [0.29, 0.717) is 6.42 Å². The van der Waals surface area contributed by atoms with Gasteiger partial charge in [-0.2, -0.15) is 0 Å². The monoisotopic (exact) mass is 392 g/mol. The van der Waals surface area contributed by atoms with Crippen LogP contribution in [-0.4, -0.2) is 37.8 Å². The van der Waals surface area contributed by atoms with Crippen LogP contribution in [0.3, 0.4) is 0 Å².